The smallest absolute Gasteiger partial charge is 0.226 e. The number of aromatic nitrogens is 5. The van der Waals surface area contributed by atoms with Crippen molar-refractivity contribution in [3.05, 3.63) is 70.7 Å². The molecule has 3 heterocycles. The van der Waals surface area contributed by atoms with Crippen LogP contribution in [-0.2, 0) is 19.4 Å². The van der Waals surface area contributed by atoms with Crippen LogP contribution in [-0.4, -0.2) is 31.0 Å². The number of rotatable bonds is 8. The molecule has 0 fully saturated rings. The molecule has 0 bridgehead atoms. The van der Waals surface area contributed by atoms with Crippen LogP contribution in [0, 0.1) is 0 Å². The monoisotopic (exact) mass is 451 g/mol. The van der Waals surface area contributed by atoms with Gasteiger partial charge in [-0.2, -0.15) is 9.97 Å². The Balaban J connectivity index is 1.47. The van der Waals surface area contributed by atoms with Crippen LogP contribution < -0.4 is 11.1 Å². The van der Waals surface area contributed by atoms with E-state index in [4.69, 9.17) is 5.73 Å². The first kappa shape index (κ1) is 19.3. The minimum Gasteiger partial charge on any atom is -0.382 e. The molecule has 3 aromatic heterocycles. The van der Waals surface area contributed by atoms with Crippen LogP contribution in [0.5, 0.6) is 0 Å². The van der Waals surface area contributed by atoms with Gasteiger partial charge in [0.05, 0.1) is 0 Å². The van der Waals surface area contributed by atoms with Crippen LogP contribution in [0.15, 0.2) is 59.6 Å². The molecule has 0 aliphatic carbocycles. The molecular formula is C21H22BrN7. The Bertz CT molecular complexity index is 1080. The van der Waals surface area contributed by atoms with Crippen molar-refractivity contribution in [2.75, 3.05) is 17.6 Å². The first-order valence-corrected chi connectivity index (χ1v) is 10.4. The van der Waals surface area contributed by atoms with Gasteiger partial charge in [0.2, 0.25) is 5.95 Å². The number of hydrogen-bond acceptors (Lipinski definition) is 6. The molecule has 8 heteroatoms. The van der Waals surface area contributed by atoms with Crippen molar-refractivity contribution in [1.29, 1.82) is 0 Å². The Morgan fingerprint density at radius 2 is 1.69 bits per heavy atom. The van der Waals surface area contributed by atoms with Crippen molar-refractivity contribution in [3.8, 4) is 0 Å². The van der Waals surface area contributed by atoms with E-state index < -0.39 is 0 Å². The predicted molar refractivity (Wildman–Crippen MR) is 119 cm³/mol. The van der Waals surface area contributed by atoms with Crippen molar-refractivity contribution in [2.45, 2.75) is 25.8 Å². The van der Waals surface area contributed by atoms with E-state index in [2.05, 4.69) is 53.3 Å². The van der Waals surface area contributed by atoms with Crippen LogP contribution >= 0.6 is 15.9 Å². The van der Waals surface area contributed by atoms with E-state index in [0.29, 0.717) is 22.0 Å². The zero-order chi connectivity index (χ0) is 20.1. The van der Waals surface area contributed by atoms with Gasteiger partial charge >= 0.3 is 0 Å². The lowest BCUT2D eigenvalue weighted by atomic mass is 10.1. The third kappa shape index (κ3) is 4.71. The van der Waals surface area contributed by atoms with Crippen LogP contribution in [0.2, 0.25) is 0 Å². The third-order valence-corrected chi connectivity index (χ3v) is 5.32. The summed E-state index contributed by atoms with van der Waals surface area (Å²) in [6.45, 7) is 1.51. The van der Waals surface area contributed by atoms with E-state index >= 15 is 0 Å². The summed E-state index contributed by atoms with van der Waals surface area (Å²) in [4.78, 5) is 17.6. The number of hydrogen-bond donors (Lipinski definition) is 2. The van der Waals surface area contributed by atoms with Gasteiger partial charge in [0.25, 0.3) is 0 Å². The Hall–Kier alpha value is -3.00. The van der Waals surface area contributed by atoms with Gasteiger partial charge in [-0.1, -0.05) is 30.3 Å². The molecule has 0 amide bonds. The lowest BCUT2D eigenvalue weighted by Crippen LogP contribution is -2.10. The number of halogens is 1. The summed E-state index contributed by atoms with van der Waals surface area (Å²) in [6, 6.07) is 14.4. The summed E-state index contributed by atoms with van der Waals surface area (Å²) >= 11 is 3.54. The minimum absolute atomic E-state index is 0.380. The highest BCUT2D eigenvalue weighted by molar-refractivity contribution is 9.10. The SMILES string of the molecule is Nc1nc(NCCc2ccccc2)nc2c1nc(Br)n2CCCc1ccncc1. The number of pyridine rings is 1. The van der Waals surface area contributed by atoms with Gasteiger partial charge in [-0.3, -0.25) is 4.98 Å². The lowest BCUT2D eigenvalue weighted by molar-refractivity contribution is 0.641. The molecule has 4 rings (SSSR count). The predicted octanol–water partition coefficient (Wildman–Crippen LogP) is 3.85. The summed E-state index contributed by atoms with van der Waals surface area (Å²) < 4.78 is 2.75. The van der Waals surface area contributed by atoms with Gasteiger partial charge in [0, 0.05) is 25.5 Å². The molecule has 4 aromatic rings. The summed E-state index contributed by atoms with van der Waals surface area (Å²) in [5.74, 6) is 0.902. The Labute approximate surface area is 177 Å². The lowest BCUT2D eigenvalue weighted by Gasteiger charge is -2.08. The molecular weight excluding hydrogens is 430 g/mol. The topological polar surface area (TPSA) is 94.5 Å². The third-order valence-electron chi connectivity index (χ3n) is 4.71. The van der Waals surface area contributed by atoms with Crippen LogP contribution in [0.4, 0.5) is 11.8 Å². The van der Waals surface area contributed by atoms with E-state index in [0.717, 1.165) is 38.0 Å². The summed E-state index contributed by atoms with van der Waals surface area (Å²) in [6.07, 6.45) is 6.43. The number of aryl methyl sites for hydroxylation is 2. The molecule has 0 saturated carbocycles. The summed E-state index contributed by atoms with van der Waals surface area (Å²) in [7, 11) is 0. The van der Waals surface area contributed by atoms with E-state index in [-0.39, 0.29) is 0 Å². The molecule has 0 saturated heterocycles. The highest BCUT2D eigenvalue weighted by Crippen LogP contribution is 2.24. The highest BCUT2D eigenvalue weighted by Gasteiger charge is 2.15. The second kappa shape index (κ2) is 9.00. The Morgan fingerprint density at radius 3 is 2.48 bits per heavy atom. The number of imidazole rings is 1. The zero-order valence-corrected chi connectivity index (χ0v) is 17.5. The van der Waals surface area contributed by atoms with Crippen molar-refractivity contribution in [2.24, 2.45) is 0 Å². The fraction of sp³-hybridized carbons (Fsp3) is 0.238. The molecule has 0 unspecified atom stereocenters. The number of nitrogen functional groups attached to an aromatic ring is 1. The van der Waals surface area contributed by atoms with Gasteiger partial charge in [0.15, 0.2) is 21.7 Å². The zero-order valence-electron chi connectivity index (χ0n) is 15.9. The van der Waals surface area contributed by atoms with Gasteiger partial charge < -0.3 is 15.6 Å². The van der Waals surface area contributed by atoms with E-state index in [1.165, 1.54) is 11.1 Å². The van der Waals surface area contributed by atoms with Crippen molar-refractivity contribution in [3.63, 3.8) is 0 Å². The second-order valence-electron chi connectivity index (χ2n) is 6.76. The fourth-order valence-electron chi connectivity index (χ4n) is 3.23. The van der Waals surface area contributed by atoms with Gasteiger partial charge in [-0.05, 0) is 58.5 Å². The number of nitrogens with two attached hydrogens (primary N) is 1. The maximum Gasteiger partial charge on any atom is 0.226 e. The van der Waals surface area contributed by atoms with Crippen molar-refractivity contribution >= 4 is 38.9 Å². The molecule has 148 valence electrons. The summed E-state index contributed by atoms with van der Waals surface area (Å²) in [5, 5.41) is 3.28. The first-order chi connectivity index (χ1) is 14.2. The van der Waals surface area contributed by atoms with Gasteiger partial charge in [0.1, 0.15) is 0 Å². The molecule has 0 radical (unpaired) electrons. The molecule has 29 heavy (non-hydrogen) atoms. The van der Waals surface area contributed by atoms with E-state index in [9.17, 15) is 0 Å². The molecule has 0 aliphatic rings. The second-order valence-corrected chi connectivity index (χ2v) is 7.47. The van der Waals surface area contributed by atoms with Gasteiger partial charge in [-0.15, -0.1) is 0 Å². The maximum absolute atomic E-state index is 6.15. The standard InChI is InChI=1S/C21H22BrN7/c22-20-26-17-18(23)27-21(25-13-10-15-5-2-1-3-6-15)28-19(17)29(20)14-4-7-16-8-11-24-12-9-16/h1-3,5-6,8-9,11-12H,4,7,10,13-14H2,(H3,23,25,27,28). The average Bonchev–Trinajstić information content (AvgIpc) is 3.06. The molecule has 0 aliphatic heterocycles. The van der Waals surface area contributed by atoms with Crippen LogP contribution in [0.1, 0.15) is 17.5 Å². The van der Waals surface area contributed by atoms with Crippen molar-refractivity contribution < 1.29 is 0 Å². The Morgan fingerprint density at radius 1 is 0.931 bits per heavy atom. The molecule has 1 aromatic carbocycles. The first-order valence-electron chi connectivity index (χ1n) is 9.56. The number of benzene rings is 1. The quantitative estimate of drug-likeness (QED) is 0.395. The number of nitrogens with zero attached hydrogens (tertiary/aromatic N) is 5. The molecule has 7 nitrogen and oxygen atoms in total. The largest absolute Gasteiger partial charge is 0.382 e. The minimum atomic E-state index is 0.380. The fourth-order valence-corrected chi connectivity index (χ4v) is 3.75. The Kier molecular flexibility index (Phi) is 6.00. The normalized spacial score (nSPS) is 11.1. The summed E-state index contributed by atoms with van der Waals surface area (Å²) in [5.41, 5.74) is 10.0. The maximum atomic E-state index is 6.15. The molecule has 0 spiro atoms. The molecule has 3 N–H and O–H groups in total. The number of nitrogens with one attached hydrogen (secondary N) is 1. The van der Waals surface area contributed by atoms with Gasteiger partial charge in [-0.25, -0.2) is 4.98 Å². The van der Waals surface area contributed by atoms with E-state index in [1.54, 1.807) is 0 Å². The van der Waals surface area contributed by atoms with E-state index in [1.807, 2.05) is 47.3 Å². The average molecular weight is 452 g/mol. The molecule has 0 atom stereocenters. The van der Waals surface area contributed by atoms with Crippen molar-refractivity contribution in [1.82, 2.24) is 24.5 Å². The van der Waals surface area contributed by atoms with Crippen LogP contribution in [0.3, 0.4) is 0 Å². The highest BCUT2D eigenvalue weighted by atomic mass is 79.9. The number of anilines is 2. The number of fused-ring (bicyclic) bond motifs is 1. The van der Waals surface area contributed by atoms with Crippen LogP contribution in [0.25, 0.3) is 11.2 Å².